The first-order chi connectivity index (χ1) is 13.7. The highest BCUT2D eigenvalue weighted by molar-refractivity contribution is 5.94. The number of anilines is 1. The Hall–Kier alpha value is -2.33. The van der Waals surface area contributed by atoms with Crippen molar-refractivity contribution in [1.29, 1.82) is 0 Å². The van der Waals surface area contributed by atoms with E-state index in [1.807, 2.05) is 31.2 Å². The fourth-order valence-corrected chi connectivity index (χ4v) is 3.78. The fraction of sp³-hybridized carbons (Fsp3) is 0.458. The minimum absolute atomic E-state index is 0.0758. The molecule has 0 atom stereocenters. The summed E-state index contributed by atoms with van der Waals surface area (Å²) in [6, 6.07) is 18.7. The molecule has 2 aromatic rings. The lowest BCUT2D eigenvalue weighted by Gasteiger charge is -2.29. The van der Waals surface area contributed by atoms with Gasteiger partial charge in [0.25, 0.3) is 5.91 Å². The van der Waals surface area contributed by atoms with Crippen molar-refractivity contribution in [2.45, 2.75) is 45.1 Å². The van der Waals surface area contributed by atoms with E-state index in [9.17, 15) is 4.79 Å². The van der Waals surface area contributed by atoms with Crippen molar-refractivity contribution in [2.75, 3.05) is 31.1 Å². The highest BCUT2D eigenvalue weighted by atomic mass is 16.1. The molecule has 2 N–H and O–H groups in total. The van der Waals surface area contributed by atoms with Crippen LogP contribution in [-0.4, -0.2) is 38.1 Å². The van der Waals surface area contributed by atoms with Crippen LogP contribution in [-0.2, 0) is 0 Å². The molecule has 28 heavy (non-hydrogen) atoms. The summed E-state index contributed by atoms with van der Waals surface area (Å²) in [5.41, 5.74) is 3.31. The Morgan fingerprint density at radius 1 is 0.929 bits per heavy atom. The molecule has 0 unspecified atom stereocenters. The molecule has 1 saturated carbocycles. The quantitative estimate of drug-likeness (QED) is 0.842. The van der Waals surface area contributed by atoms with Gasteiger partial charge in [0.2, 0.25) is 0 Å². The highest BCUT2D eigenvalue weighted by Crippen LogP contribution is 2.18. The second-order valence-electron chi connectivity index (χ2n) is 7.75. The third-order valence-electron chi connectivity index (χ3n) is 5.49. The zero-order valence-electron chi connectivity index (χ0n) is 17.0. The summed E-state index contributed by atoms with van der Waals surface area (Å²) in [7, 11) is 0. The SMILES string of the molecule is Cc1ccc(C(=O)NC2CCCCC2)cc1.c1ccc(N2CCNCC2)cc1. The molecule has 1 aliphatic heterocycles. The van der Waals surface area contributed by atoms with E-state index in [4.69, 9.17) is 0 Å². The Labute approximate surface area is 169 Å². The van der Waals surface area contributed by atoms with Crippen molar-refractivity contribution in [1.82, 2.24) is 10.6 Å². The smallest absolute Gasteiger partial charge is 0.251 e. The number of rotatable bonds is 3. The van der Waals surface area contributed by atoms with Gasteiger partial charge in [0.1, 0.15) is 0 Å². The van der Waals surface area contributed by atoms with Crippen molar-refractivity contribution in [3.05, 3.63) is 65.7 Å². The number of carbonyl (C=O) groups excluding carboxylic acids is 1. The molecule has 2 fully saturated rings. The van der Waals surface area contributed by atoms with E-state index in [-0.39, 0.29) is 5.91 Å². The summed E-state index contributed by atoms with van der Waals surface area (Å²) >= 11 is 0. The third-order valence-corrected chi connectivity index (χ3v) is 5.49. The van der Waals surface area contributed by atoms with E-state index in [1.165, 1.54) is 30.5 Å². The molecule has 1 aliphatic carbocycles. The van der Waals surface area contributed by atoms with Crippen LogP contribution in [0, 0.1) is 6.92 Å². The molecule has 2 aliphatic rings. The second-order valence-corrected chi connectivity index (χ2v) is 7.75. The van der Waals surface area contributed by atoms with Crippen LogP contribution in [0.2, 0.25) is 0 Å². The van der Waals surface area contributed by atoms with Crippen LogP contribution < -0.4 is 15.5 Å². The number of piperazine rings is 1. The van der Waals surface area contributed by atoms with Crippen molar-refractivity contribution < 1.29 is 4.79 Å². The van der Waals surface area contributed by atoms with Crippen LogP contribution in [0.25, 0.3) is 0 Å². The minimum atomic E-state index is 0.0758. The number of amides is 1. The maximum absolute atomic E-state index is 11.9. The van der Waals surface area contributed by atoms with Gasteiger partial charge in [0.05, 0.1) is 0 Å². The zero-order chi connectivity index (χ0) is 19.6. The number of carbonyl (C=O) groups is 1. The molecule has 0 radical (unpaired) electrons. The van der Waals surface area contributed by atoms with Gasteiger partial charge in [-0.3, -0.25) is 4.79 Å². The summed E-state index contributed by atoms with van der Waals surface area (Å²) in [4.78, 5) is 14.3. The predicted molar refractivity (Wildman–Crippen MR) is 117 cm³/mol. The first-order valence-electron chi connectivity index (χ1n) is 10.6. The molecule has 0 bridgehead atoms. The molecule has 0 aromatic heterocycles. The molecule has 2 aromatic carbocycles. The lowest BCUT2D eigenvalue weighted by molar-refractivity contribution is 0.0927. The maximum Gasteiger partial charge on any atom is 0.251 e. The maximum atomic E-state index is 11.9. The van der Waals surface area contributed by atoms with Crippen molar-refractivity contribution >= 4 is 11.6 Å². The van der Waals surface area contributed by atoms with E-state index >= 15 is 0 Å². The number of hydrogen-bond acceptors (Lipinski definition) is 3. The molecule has 4 heteroatoms. The molecule has 1 heterocycles. The Kier molecular flexibility index (Phi) is 7.92. The lowest BCUT2D eigenvalue weighted by atomic mass is 9.95. The molecular weight excluding hydrogens is 346 g/mol. The van der Waals surface area contributed by atoms with Crippen LogP contribution in [0.5, 0.6) is 0 Å². The monoisotopic (exact) mass is 379 g/mol. The van der Waals surface area contributed by atoms with Crippen LogP contribution in [0.4, 0.5) is 5.69 Å². The molecule has 150 valence electrons. The zero-order valence-corrected chi connectivity index (χ0v) is 17.0. The number of nitrogens with one attached hydrogen (secondary N) is 2. The highest BCUT2D eigenvalue weighted by Gasteiger charge is 2.16. The Morgan fingerprint density at radius 3 is 2.21 bits per heavy atom. The van der Waals surface area contributed by atoms with Gasteiger partial charge in [-0.25, -0.2) is 0 Å². The van der Waals surface area contributed by atoms with Crippen LogP contribution in [0.1, 0.15) is 48.0 Å². The first-order valence-corrected chi connectivity index (χ1v) is 10.6. The topological polar surface area (TPSA) is 44.4 Å². The predicted octanol–water partition coefficient (Wildman–Crippen LogP) is 4.15. The fourth-order valence-electron chi connectivity index (χ4n) is 3.78. The van der Waals surface area contributed by atoms with Crippen LogP contribution in [0.15, 0.2) is 54.6 Å². The molecule has 4 nitrogen and oxygen atoms in total. The summed E-state index contributed by atoms with van der Waals surface area (Å²) < 4.78 is 0. The van der Waals surface area contributed by atoms with Crippen molar-refractivity contribution in [3.63, 3.8) is 0 Å². The van der Waals surface area contributed by atoms with Crippen LogP contribution >= 0.6 is 0 Å². The molecule has 0 spiro atoms. The standard InChI is InChI=1S/C14H19NO.C10H14N2/c1-11-7-9-12(10-8-11)14(16)15-13-5-3-2-4-6-13;1-2-4-10(5-3-1)12-8-6-11-7-9-12/h7-10,13H,2-6H2,1H3,(H,15,16);1-5,11H,6-9H2. The van der Waals surface area contributed by atoms with Crippen molar-refractivity contribution in [3.8, 4) is 0 Å². The number of benzene rings is 2. The van der Waals surface area contributed by atoms with Crippen LogP contribution in [0.3, 0.4) is 0 Å². The van der Waals surface area contributed by atoms with Gasteiger partial charge < -0.3 is 15.5 Å². The van der Waals surface area contributed by atoms with Crippen molar-refractivity contribution in [2.24, 2.45) is 0 Å². The van der Waals surface area contributed by atoms with Gasteiger partial charge in [0.15, 0.2) is 0 Å². The lowest BCUT2D eigenvalue weighted by Crippen LogP contribution is -2.43. The Bertz CT molecular complexity index is 702. The van der Waals surface area contributed by atoms with E-state index in [0.29, 0.717) is 6.04 Å². The summed E-state index contributed by atoms with van der Waals surface area (Å²) in [6.45, 7) is 6.50. The molecule has 1 saturated heterocycles. The van der Waals surface area contributed by atoms with Gasteiger partial charge in [-0.15, -0.1) is 0 Å². The average Bonchev–Trinajstić information content (AvgIpc) is 2.77. The Morgan fingerprint density at radius 2 is 1.57 bits per heavy atom. The van der Waals surface area contributed by atoms with Gasteiger partial charge in [0, 0.05) is 43.5 Å². The second kappa shape index (κ2) is 10.9. The molecule has 4 rings (SSSR count). The van der Waals surface area contributed by atoms with E-state index in [1.54, 1.807) is 0 Å². The number of aryl methyl sites for hydroxylation is 1. The first kappa shape index (κ1) is 20.4. The summed E-state index contributed by atoms with van der Waals surface area (Å²) in [5, 5.41) is 6.46. The number of hydrogen-bond donors (Lipinski definition) is 2. The van der Waals surface area contributed by atoms with Gasteiger partial charge in [-0.1, -0.05) is 55.2 Å². The summed E-state index contributed by atoms with van der Waals surface area (Å²) in [5.74, 6) is 0.0758. The Balaban J connectivity index is 0.000000167. The number of para-hydroxylation sites is 1. The number of nitrogens with zero attached hydrogens (tertiary/aromatic N) is 1. The largest absolute Gasteiger partial charge is 0.369 e. The van der Waals surface area contributed by atoms with E-state index in [2.05, 4.69) is 45.9 Å². The molecule has 1 amide bonds. The van der Waals surface area contributed by atoms with E-state index in [0.717, 1.165) is 44.6 Å². The summed E-state index contributed by atoms with van der Waals surface area (Å²) in [6.07, 6.45) is 6.09. The average molecular weight is 380 g/mol. The minimum Gasteiger partial charge on any atom is -0.369 e. The van der Waals surface area contributed by atoms with Gasteiger partial charge in [-0.2, -0.15) is 0 Å². The van der Waals surface area contributed by atoms with Gasteiger partial charge in [-0.05, 0) is 44.0 Å². The molecular formula is C24H33N3O. The normalized spacial score (nSPS) is 17.4. The van der Waals surface area contributed by atoms with Gasteiger partial charge >= 0.3 is 0 Å². The van der Waals surface area contributed by atoms with E-state index < -0.39 is 0 Å². The third kappa shape index (κ3) is 6.38.